The van der Waals surface area contributed by atoms with Crippen molar-refractivity contribution in [3.8, 4) is 5.69 Å². The molecule has 2 aromatic rings. The normalized spacial score (nSPS) is 18.0. The highest BCUT2D eigenvalue weighted by atomic mass is 35.5. The van der Waals surface area contributed by atoms with Gasteiger partial charge in [0.05, 0.1) is 24.9 Å². The van der Waals surface area contributed by atoms with Crippen LogP contribution < -0.4 is 0 Å². The van der Waals surface area contributed by atoms with Crippen molar-refractivity contribution in [2.24, 2.45) is 5.92 Å². The van der Waals surface area contributed by atoms with Crippen molar-refractivity contribution in [3.63, 3.8) is 0 Å². The number of nitrogens with zero attached hydrogens (tertiary/aromatic N) is 4. The zero-order valence-corrected chi connectivity index (χ0v) is 16.6. The molecule has 140 valence electrons. The molecule has 0 bridgehead atoms. The van der Waals surface area contributed by atoms with Crippen LogP contribution >= 0.6 is 23.8 Å². The van der Waals surface area contributed by atoms with E-state index in [-0.39, 0.29) is 11.9 Å². The molecule has 1 aliphatic heterocycles. The number of rotatable bonds is 5. The van der Waals surface area contributed by atoms with E-state index in [0.29, 0.717) is 29.6 Å². The van der Waals surface area contributed by atoms with Gasteiger partial charge in [0, 0.05) is 11.6 Å². The van der Waals surface area contributed by atoms with Gasteiger partial charge in [-0.15, -0.1) is 0 Å². The molecule has 1 saturated heterocycles. The molecule has 0 N–H and O–H groups in total. The number of benzene rings is 1. The lowest BCUT2D eigenvalue weighted by Crippen LogP contribution is -2.40. The second kappa shape index (κ2) is 8.33. The van der Waals surface area contributed by atoms with E-state index in [2.05, 4.69) is 10.00 Å². The third-order valence-corrected chi connectivity index (χ3v) is 5.44. The van der Waals surface area contributed by atoms with Crippen LogP contribution in [-0.4, -0.2) is 44.9 Å². The summed E-state index contributed by atoms with van der Waals surface area (Å²) in [5.74, 6) is -0.184. The number of ether oxygens (including phenoxy) is 1. The quantitative estimate of drug-likeness (QED) is 0.573. The monoisotopic (exact) mass is 394 g/mol. The number of carbonyl (C=O) groups is 1. The van der Waals surface area contributed by atoms with Crippen molar-refractivity contribution in [1.82, 2.24) is 19.2 Å². The van der Waals surface area contributed by atoms with Gasteiger partial charge in [0.1, 0.15) is 6.33 Å². The predicted molar refractivity (Wildman–Crippen MR) is 103 cm³/mol. The highest BCUT2D eigenvalue weighted by molar-refractivity contribution is 7.71. The zero-order chi connectivity index (χ0) is 18.7. The minimum Gasteiger partial charge on any atom is -0.466 e. The zero-order valence-electron chi connectivity index (χ0n) is 15.0. The van der Waals surface area contributed by atoms with Gasteiger partial charge in [0.2, 0.25) is 4.77 Å². The molecule has 0 radical (unpaired) electrons. The Morgan fingerprint density at radius 3 is 3.00 bits per heavy atom. The van der Waals surface area contributed by atoms with E-state index in [0.717, 1.165) is 30.6 Å². The van der Waals surface area contributed by atoms with Crippen LogP contribution in [0.2, 0.25) is 5.02 Å². The van der Waals surface area contributed by atoms with E-state index >= 15 is 0 Å². The Bertz CT molecular complexity index is 848. The number of aromatic nitrogens is 3. The average molecular weight is 395 g/mol. The number of esters is 1. The third-order valence-electron chi connectivity index (χ3n) is 4.63. The van der Waals surface area contributed by atoms with Crippen molar-refractivity contribution in [1.29, 1.82) is 0 Å². The summed E-state index contributed by atoms with van der Waals surface area (Å²) < 4.78 is 9.38. The SMILES string of the molecule is CCOC(=O)[C@H]1CCCN(Cn2ncn(-c3ccc(C)c(Cl)c3)c2=S)C1. The highest BCUT2D eigenvalue weighted by Gasteiger charge is 2.27. The molecule has 1 aliphatic rings. The number of hydrogen-bond acceptors (Lipinski definition) is 5. The van der Waals surface area contributed by atoms with Crippen molar-refractivity contribution in [2.45, 2.75) is 33.4 Å². The smallest absolute Gasteiger partial charge is 0.310 e. The maximum absolute atomic E-state index is 12.0. The summed E-state index contributed by atoms with van der Waals surface area (Å²) in [6.07, 6.45) is 3.54. The fourth-order valence-corrected chi connectivity index (χ4v) is 3.60. The van der Waals surface area contributed by atoms with Crippen LogP contribution in [0.1, 0.15) is 25.3 Å². The molecule has 0 aliphatic carbocycles. The molecule has 26 heavy (non-hydrogen) atoms. The number of hydrogen-bond donors (Lipinski definition) is 0. The molecule has 0 saturated carbocycles. The first-order valence-electron chi connectivity index (χ1n) is 8.79. The molecule has 1 aromatic carbocycles. The summed E-state index contributed by atoms with van der Waals surface area (Å²) in [7, 11) is 0. The maximum Gasteiger partial charge on any atom is 0.310 e. The molecule has 2 heterocycles. The summed E-state index contributed by atoms with van der Waals surface area (Å²) in [6, 6.07) is 5.82. The number of aryl methyl sites for hydroxylation is 1. The summed E-state index contributed by atoms with van der Waals surface area (Å²) in [5.41, 5.74) is 1.91. The molecule has 3 rings (SSSR count). The van der Waals surface area contributed by atoms with E-state index < -0.39 is 0 Å². The van der Waals surface area contributed by atoms with E-state index in [1.807, 2.05) is 36.6 Å². The van der Waals surface area contributed by atoms with Crippen molar-refractivity contribution in [2.75, 3.05) is 19.7 Å². The van der Waals surface area contributed by atoms with Gasteiger partial charge >= 0.3 is 5.97 Å². The lowest BCUT2D eigenvalue weighted by atomic mass is 9.99. The van der Waals surface area contributed by atoms with Crippen LogP contribution in [0.4, 0.5) is 0 Å². The van der Waals surface area contributed by atoms with Crippen molar-refractivity contribution < 1.29 is 9.53 Å². The number of halogens is 1. The second-order valence-corrected chi connectivity index (χ2v) is 7.30. The van der Waals surface area contributed by atoms with Gasteiger partial charge in [0.25, 0.3) is 0 Å². The van der Waals surface area contributed by atoms with Crippen LogP contribution in [0.3, 0.4) is 0 Å². The predicted octanol–water partition coefficient (Wildman–Crippen LogP) is 3.60. The fraction of sp³-hybridized carbons (Fsp3) is 0.500. The molecular formula is C18H23ClN4O2S. The first kappa shape index (κ1) is 19.1. The largest absolute Gasteiger partial charge is 0.466 e. The number of likely N-dealkylation sites (tertiary alicyclic amines) is 1. The van der Waals surface area contributed by atoms with Crippen LogP contribution in [0.5, 0.6) is 0 Å². The van der Waals surface area contributed by atoms with Crippen molar-refractivity contribution >= 4 is 29.8 Å². The molecule has 0 spiro atoms. The van der Waals surface area contributed by atoms with Crippen LogP contribution in [-0.2, 0) is 16.2 Å². The van der Waals surface area contributed by atoms with Crippen LogP contribution in [0.15, 0.2) is 24.5 Å². The Labute approximate surface area is 163 Å². The van der Waals surface area contributed by atoms with Gasteiger partial charge in [-0.3, -0.25) is 14.3 Å². The van der Waals surface area contributed by atoms with E-state index in [9.17, 15) is 4.79 Å². The molecule has 0 unspecified atom stereocenters. The summed E-state index contributed by atoms with van der Waals surface area (Å²) in [4.78, 5) is 14.2. The Balaban J connectivity index is 1.73. The minimum absolute atomic E-state index is 0.0733. The molecule has 0 amide bonds. The van der Waals surface area contributed by atoms with Gasteiger partial charge in [-0.05, 0) is 63.1 Å². The lowest BCUT2D eigenvalue weighted by Gasteiger charge is -2.31. The second-order valence-electron chi connectivity index (χ2n) is 6.53. The maximum atomic E-state index is 12.0. The van der Waals surface area contributed by atoms with E-state index in [4.69, 9.17) is 28.6 Å². The average Bonchev–Trinajstić information content (AvgIpc) is 2.98. The fourth-order valence-electron chi connectivity index (χ4n) is 3.17. The first-order chi connectivity index (χ1) is 12.5. The lowest BCUT2D eigenvalue weighted by molar-refractivity contribution is -0.150. The summed E-state index contributed by atoms with van der Waals surface area (Å²) >= 11 is 11.8. The summed E-state index contributed by atoms with van der Waals surface area (Å²) in [5, 5.41) is 5.12. The van der Waals surface area contributed by atoms with E-state index in [1.165, 1.54) is 0 Å². The molecule has 1 fully saturated rings. The van der Waals surface area contributed by atoms with Gasteiger partial charge in [-0.1, -0.05) is 17.7 Å². The molecule has 1 atom stereocenters. The standard InChI is InChI=1S/C18H23ClN4O2S/c1-3-25-17(24)14-5-4-8-21(10-14)12-23-18(26)22(11-20-23)15-7-6-13(2)16(19)9-15/h6-7,9,11,14H,3-5,8,10,12H2,1-2H3/t14-/m0/s1. The molecular weight excluding hydrogens is 372 g/mol. The van der Waals surface area contributed by atoms with Gasteiger partial charge in [0.15, 0.2) is 0 Å². The van der Waals surface area contributed by atoms with Gasteiger partial charge < -0.3 is 4.74 Å². The molecule has 1 aromatic heterocycles. The minimum atomic E-state index is -0.111. The van der Waals surface area contributed by atoms with E-state index in [1.54, 1.807) is 11.0 Å². The molecule has 6 nitrogen and oxygen atoms in total. The Hall–Kier alpha value is -1.70. The van der Waals surface area contributed by atoms with Crippen LogP contribution in [0, 0.1) is 17.6 Å². The highest BCUT2D eigenvalue weighted by Crippen LogP contribution is 2.21. The first-order valence-corrected chi connectivity index (χ1v) is 9.58. The van der Waals surface area contributed by atoms with Gasteiger partial charge in [-0.25, -0.2) is 4.68 Å². The number of piperidine rings is 1. The molecule has 8 heteroatoms. The number of carbonyl (C=O) groups excluding carboxylic acids is 1. The van der Waals surface area contributed by atoms with Crippen LogP contribution in [0.25, 0.3) is 5.69 Å². The summed E-state index contributed by atoms with van der Waals surface area (Å²) in [6.45, 7) is 6.36. The van der Waals surface area contributed by atoms with Gasteiger partial charge in [-0.2, -0.15) is 5.10 Å². The Kier molecular flexibility index (Phi) is 6.11. The third kappa shape index (κ3) is 4.16. The van der Waals surface area contributed by atoms with Crippen molar-refractivity contribution in [3.05, 3.63) is 39.9 Å². The Morgan fingerprint density at radius 2 is 2.27 bits per heavy atom. The Morgan fingerprint density at radius 1 is 1.46 bits per heavy atom. The topological polar surface area (TPSA) is 52.3 Å².